The van der Waals surface area contributed by atoms with Gasteiger partial charge in [-0.1, -0.05) is 6.07 Å². The Bertz CT molecular complexity index is 459. The number of phenols is 2. The van der Waals surface area contributed by atoms with Gasteiger partial charge >= 0.3 is 5.97 Å². The Morgan fingerprint density at radius 1 is 1.39 bits per heavy atom. The minimum Gasteiger partial charge on any atom is -0.504 e. The molecule has 1 rings (SSSR count). The molecule has 1 aromatic carbocycles. The van der Waals surface area contributed by atoms with Gasteiger partial charge in [-0.15, -0.1) is 0 Å². The van der Waals surface area contributed by atoms with Crippen molar-refractivity contribution in [2.24, 2.45) is 0 Å². The molecule has 1 amide bonds. The van der Waals surface area contributed by atoms with E-state index in [0.29, 0.717) is 0 Å². The summed E-state index contributed by atoms with van der Waals surface area (Å²) < 4.78 is 4.37. The number of rotatable bonds is 4. The number of hydrogen-bond acceptors (Lipinski definition) is 6. The molecule has 0 aromatic heterocycles. The second kappa shape index (κ2) is 5.87. The number of esters is 1. The Hall–Kier alpha value is -2.28. The second-order valence-electron chi connectivity index (χ2n) is 3.41. The van der Waals surface area contributed by atoms with Gasteiger partial charge in [-0.3, -0.25) is 4.79 Å². The molecule has 0 fully saturated rings. The lowest BCUT2D eigenvalue weighted by Gasteiger charge is -2.14. The van der Waals surface area contributed by atoms with E-state index in [2.05, 4.69) is 10.1 Å². The number of aliphatic hydroxyl groups is 1. The molecule has 0 unspecified atom stereocenters. The van der Waals surface area contributed by atoms with E-state index in [1.807, 2.05) is 0 Å². The van der Waals surface area contributed by atoms with Crippen molar-refractivity contribution >= 4 is 11.9 Å². The number of methoxy groups -OCH3 is 1. The molecule has 0 aliphatic carbocycles. The SMILES string of the molecule is COC(=O)[C@@H](CO)NC(=O)c1cccc(O)c1O. The van der Waals surface area contributed by atoms with Gasteiger partial charge in [0.1, 0.15) is 0 Å². The summed E-state index contributed by atoms with van der Waals surface area (Å²) in [5, 5.41) is 29.8. The van der Waals surface area contributed by atoms with Crippen LogP contribution in [-0.2, 0) is 9.53 Å². The summed E-state index contributed by atoms with van der Waals surface area (Å²) in [7, 11) is 1.11. The molecule has 4 N–H and O–H groups in total. The van der Waals surface area contributed by atoms with Crippen LogP contribution in [-0.4, -0.2) is 47.0 Å². The Morgan fingerprint density at radius 3 is 2.61 bits per heavy atom. The Morgan fingerprint density at radius 2 is 2.06 bits per heavy atom. The highest BCUT2D eigenvalue weighted by molar-refractivity contribution is 5.99. The van der Waals surface area contributed by atoms with Gasteiger partial charge < -0.3 is 25.4 Å². The first-order valence-corrected chi connectivity index (χ1v) is 5.01. The van der Waals surface area contributed by atoms with Gasteiger partial charge in [-0.25, -0.2) is 4.79 Å². The highest BCUT2D eigenvalue weighted by Crippen LogP contribution is 2.27. The number of phenolic OH excluding ortho intramolecular Hbond substituents is 2. The maximum absolute atomic E-state index is 11.7. The zero-order valence-electron chi connectivity index (χ0n) is 9.58. The molecule has 7 heteroatoms. The quantitative estimate of drug-likeness (QED) is 0.420. The van der Waals surface area contributed by atoms with E-state index in [1.54, 1.807) is 0 Å². The number of carbonyl (C=O) groups excluding carboxylic acids is 2. The number of benzene rings is 1. The summed E-state index contributed by atoms with van der Waals surface area (Å²) in [6, 6.07) is 2.59. The summed E-state index contributed by atoms with van der Waals surface area (Å²) >= 11 is 0. The molecule has 0 radical (unpaired) electrons. The van der Waals surface area contributed by atoms with Crippen molar-refractivity contribution in [1.82, 2.24) is 5.32 Å². The van der Waals surface area contributed by atoms with E-state index in [9.17, 15) is 19.8 Å². The number of ether oxygens (including phenoxy) is 1. The van der Waals surface area contributed by atoms with Crippen LogP contribution in [0.1, 0.15) is 10.4 Å². The lowest BCUT2D eigenvalue weighted by atomic mass is 10.1. The van der Waals surface area contributed by atoms with Crippen LogP contribution >= 0.6 is 0 Å². The molecule has 0 aliphatic rings. The van der Waals surface area contributed by atoms with Crippen molar-refractivity contribution in [3.8, 4) is 11.5 Å². The molecule has 98 valence electrons. The summed E-state index contributed by atoms with van der Waals surface area (Å²) in [5.74, 6) is -2.68. The molecular weight excluding hydrogens is 242 g/mol. The van der Waals surface area contributed by atoms with Crippen molar-refractivity contribution < 1.29 is 29.6 Å². The van der Waals surface area contributed by atoms with Gasteiger partial charge in [-0.2, -0.15) is 0 Å². The van der Waals surface area contributed by atoms with Crippen LogP contribution in [0.2, 0.25) is 0 Å². The topological polar surface area (TPSA) is 116 Å². The van der Waals surface area contributed by atoms with E-state index >= 15 is 0 Å². The van der Waals surface area contributed by atoms with Gasteiger partial charge in [0.15, 0.2) is 17.5 Å². The maximum atomic E-state index is 11.7. The van der Waals surface area contributed by atoms with Crippen LogP contribution in [0.4, 0.5) is 0 Å². The molecule has 18 heavy (non-hydrogen) atoms. The maximum Gasteiger partial charge on any atom is 0.330 e. The largest absolute Gasteiger partial charge is 0.504 e. The predicted molar refractivity (Wildman–Crippen MR) is 60.1 cm³/mol. The molecule has 0 bridgehead atoms. The zero-order chi connectivity index (χ0) is 13.7. The Kier molecular flexibility index (Phi) is 4.50. The van der Waals surface area contributed by atoms with Gasteiger partial charge in [0, 0.05) is 0 Å². The fourth-order valence-electron chi connectivity index (χ4n) is 1.27. The van der Waals surface area contributed by atoms with E-state index in [1.165, 1.54) is 18.2 Å². The third-order valence-electron chi connectivity index (χ3n) is 2.23. The first-order valence-electron chi connectivity index (χ1n) is 5.01. The van der Waals surface area contributed by atoms with E-state index in [4.69, 9.17) is 5.11 Å². The average Bonchev–Trinajstić information content (AvgIpc) is 2.37. The molecule has 0 saturated carbocycles. The molecular formula is C11H13NO6. The van der Waals surface area contributed by atoms with Gasteiger partial charge in [0.05, 0.1) is 19.3 Å². The lowest BCUT2D eigenvalue weighted by Crippen LogP contribution is -2.44. The minimum absolute atomic E-state index is 0.211. The first-order chi connectivity index (χ1) is 8.51. The second-order valence-corrected chi connectivity index (χ2v) is 3.41. The van der Waals surface area contributed by atoms with Crippen LogP contribution < -0.4 is 5.32 Å². The standard InChI is InChI=1S/C11H13NO6/c1-18-11(17)7(5-13)12-10(16)6-3-2-4-8(14)9(6)15/h2-4,7,13-15H,5H2,1H3,(H,12,16)/t7-/m1/s1. The summed E-state index contributed by atoms with van der Waals surface area (Å²) in [6.45, 7) is -0.641. The highest BCUT2D eigenvalue weighted by atomic mass is 16.5. The normalized spacial score (nSPS) is 11.7. The molecule has 7 nitrogen and oxygen atoms in total. The summed E-state index contributed by atoms with van der Waals surface area (Å²) in [6.07, 6.45) is 0. The fourth-order valence-corrected chi connectivity index (χ4v) is 1.27. The summed E-state index contributed by atoms with van der Waals surface area (Å²) in [4.78, 5) is 22.9. The molecule has 1 aromatic rings. The van der Waals surface area contributed by atoms with E-state index in [0.717, 1.165) is 7.11 Å². The monoisotopic (exact) mass is 255 g/mol. The van der Waals surface area contributed by atoms with Crippen molar-refractivity contribution in [2.45, 2.75) is 6.04 Å². The van der Waals surface area contributed by atoms with E-state index in [-0.39, 0.29) is 5.56 Å². The van der Waals surface area contributed by atoms with Gasteiger partial charge in [0.2, 0.25) is 0 Å². The van der Waals surface area contributed by atoms with Crippen LogP contribution in [0.15, 0.2) is 18.2 Å². The molecule has 0 saturated heterocycles. The zero-order valence-corrected chi connectivity index (χ0v) is 9.58. The van der Waals surface area contributed by atoms with Crippen LogP contribution in [0.25, 0.3) is 0 Å². The number of carbonyl (C=O) groups is 2. The average molecular weight is 255 g/mol. The third-order valence-corrected chi connectivity index (χ3v) is 2.23. The Balaban J connectivity index is 2.88. The van der Waals surface area contributed by atoms with E-state index < -0.39 is 36.0 Å². The third kappa shape index (κ3) is 2.89. The number of aliphatic hydroxyl groups excluding tert-OH is 1. The lowest BCUT2D eigenvalue weighted by molar-refractivity contribution is -0.143. The van der Waals surface area contributed by atoms with Gasteiger partial charge in [-0.05, 0) is 12.1 Å². The molecule has 1 atom stereocenters. The molecule has 0 spiro atoms. The fraction of sp³-hybridized carbons (Fsp3) is 0.273. The van der Waals surface area contributed by atoms with Crippen LogP contribution in [0.3, 0.4) is 0 Å². The number of para-hydroxylation sites is 1. The molecule has 0 heterocycles. The number of nitrogens with one attached hydrogen (secondary N) is 1. The van der Waals surface area contributed by atoms with Crippen LogP contribution in [0.5, 0.6) is 11.5 Å². The number of aromatic hydroxyl groups is 2. The van der Waals surface area contributed by atoms with Crippen molar-refractivity contribution in [3.05, 3.63) is 23.8 Å². The minimum atomic E-state index is -1.23. The van der Waals surface area contributed by atoms with Crippen LogP contribution in [0, 0.1) is 0 Å². The number of hydrogen-bond donors (Lipinski definition) is 4. The predicted octanol–water partition coefficient (Wildman–Crippen LogP) is -0.639. The number of amides is 1. The smallest absolute Gasteiger partial charge is 0.330 e. The first kappa shape index (κ1) is 13.8. The van der Waals surface area contributed by atoms with Crippen molar-refractivity contribution in [1.29, 1.82) is 0 Å². The van der Waals surface area contributed by atoms with Crippen molar-refractivity contribution in [3.63, 3.8) is 0 Å². The highest BCUT2D eigenvalue weighted by Gasteiger charge is 2.23. The van der Waals surface area contributed by atoms with Crippen molar-refractivity contribution in [2.75, 3.05) is 13.7 Å². The molecule has 0 aliphatic heterocycles. The Labute approximate surface area is 103 Å². The van der Waals surface area contributed by atoms with Gasteiger partial charge in [0.25, 0.3) is 5.91 Å². The summed E-state index contributed by atoms with van der Waals surface area (Å²) in [5.41, 5.74) is -0.211.